The summed E-state index contributed by atoms with van der Waals surface area (Å²) in [5.74, 6) is -0.170. The first-order valence-electron chi connectivity index (χ1n) is 9.85. The van der Waals surface area contributed by atoms with Crippen molar-refractivity contribution in [3.63, 3.8) is 0 Å². The van der Waals surface area contributed by atoms with Crippen LogP contribution in [0.15, 0.2) is 24.3 Å². The molecule has 0 amide bonds. The maximum Gasteiger partial charge on any atom is 0.328 e. The van der Waals surface area contributed by atoms with Crippen LogP contribution in [0.1, 0.15) is 84.5 Å². The van der Waals surface area contributed by atoms with E-state index >= 15 is 0 Å². The predicted molar refractivity (Wildman–Crippen MR) is 100 cm³/mol. The highest BCUT2D eigenvalue weighted by Gasteiger charge is 2.30. The maximum absolute atomic E-state index is 10.3. The lowest BCUT2D eigenvalue weighted by Crippen LogP contribution is -2.14. The summed E-state index contributed by atoms with van der Waals surface area (Å²) in [6.45, 7) is 4.60. The Morgan fingerprint density at radius 3 is 2.58 bits per heavy atom. The van der Waals surface area contributed by atoms with E-state index in [1.54, 1.807) is 6.08 Å². The summed E-state index contributed by atoms with van der Waals surface area (Å²) < 4.78 is 6.24. The van der Waals surface area contributed by atoms with Gasteiger partial charge < -0.3 is 9.84 Å². The fraction of sp³-hybridized carbons (Fsp3) is 0.762. The van der Waals surface area contributed by atoms with Crippen molar-refractivity contribution in [3.05, 3.63) is 24.3 Å². The number of allylic oxidation sites excluding steroid dienone is 3. The molecule has 1 aliphatic rings. The highest BCUT2D eigenvalue weighted by atomic mass is 16.5. The summed E-state index contributed by atoms with van der Waals surface area (Å²) in [6.07, 6.45) is 21.2. The molecule has 3 nitrogen and oxygen atoms in total. The standard InChI is InChI=1S/C21H36O3/c1-3-4-11-14-19-17-18(2)20(24-19)15-12-9-7-5-6-8-10-13-16-21(22)23/h8,10,13,16,18-20H,3-7,9,11-12,14-15,17H2,1-2H3,(H,22,23)/b10-8+,16-13+. The van der Waals surface area contributed by atoms with Gasteiger partial charge in [-0.05, 0) is 38.0 Å². The summed E-state index contributed by atoms with van der Waals surface area (Å²) in [7, 11) is 0. The van der Waals surface area contributed by atoms with Crippen LogP contribution in [0.25, 0.3) is 0 Å². The van der Waals surface area contributed by atoms with Gasteiger partial charge in [0.25, 0.3) is 0 Å². The molecule has 1 N–H and O–H groups in total. The van der Waals surface area contributed by atoms with Crippen LogP contribution >= 0.6 is 0 Å². The predicted octanol–water partition coefficient (Wildman–Crippen LogP) is 5.90. The Hall–Kier alpha value is -1.09. The molecule has 3 heteroatoms. The molecular weight excluding hydrogens is 300 g/mol. The topological polar surface area (TPSA) is 46.5 Å². The summed E-state index contributed by atoms with van der Waals surface area (Å²) in [4.78, 5) is 10.3. The van der Waals surface area contributed by atoms with Crippen LogP contribution in [0, 0.1) is 5.92 Å². The van der Waals surface area contributed by atoms with Crippen LogP contribution < -0.4 is 0 Å². The Labute approximate surface area is 148 Å². The minimum Gasteiger partial charge on any atom is -0.478 e. The van der Waals surface area contributed by atoms with Crippen molar-refractivity contribution in [2.45, 2.75) is 96.7 Å². The van der Waals surface area contributed by atoms with Gasteiger partial charge in [0, 0.05) is 6.08 Å². The first-order valence-corrected chi connectivity index (χ1v) is 9.85. The van der Waals surface area contributed by atoms with Crippen molar-refractivity contribution in [1.29, 1.82) is 0 Å². The molecule has 0 aromatic carbocycles. The van der Waals surface area contributed by atoms with E-state index in [4.69, 9.17) is 9.84 Å². The van der Waals surface area contributed by atoms with E-state index in [9.17, 15) is 4.79 Å². The van der Waals surface area contributed by atoms with Crippen molar-refractivity contribution < 1.29 is 14.6 Å². The highest BCUT2D eigenvalue weighted by molar-refractivity contribution is 5.80. The number of ether oxygens (including phenoxy) is 1. The van der Waals surface area contributed by atoms with Gasteiger partial charge >= 0.3 is 5.97 Å². The molecule has 3 atom stereocenters. The number of unbranched alkanes of at least 4 members (excludes halogenated alkanes) is 6. The fourth-order valence-corrected chi connectivity index (χ4v) is 3.44. The SMILES string of the molecule is CCCCCC1CC(C)C(CCCCCC/C=C/C=C/C(=O)O)O1. The molecule has 0 saturated carbocycles. The second-order valence-electron chi connectivity index (χ2n) is 7.12. The van der Waals surface area contributed by atoms with E-state index in [0.717, 1.165) is 18.4 Å². The molecule has 24 heavy (non-hydrogen) atoms. The minimum atomic E-state index is -0.893. The first-order chi connectivity index (χ1) is 11.6. The molecule has 1 aliphatic heterocycles. The van der Waals surface area contributed by atoms with Crippen molar-refractivity contribution in [2.24, 2.45) is 5.92 Å². The zero-order chi connectivity index (χ0) is 17.6. The first kappa shape index (κ1) is 21.0. The summed E-state index contributed by atoms with van der Waals surface area (Å²) in [5.41, 5.74) is 0. The molecule has 0 aromatic heterocycles. The maximum atomic E-state index is 10.3. The van der Waals surface area contributed by atoms with Gasteiger partial charge in [0.05, 0.1) is 12.2 Å². The quantitative estimate of drug-likeness (QED) is 0.259. The Morgan fingerprint density at radius 1 is 1.08 bits per heavy atom. The molecular formula is C21H36O3. The number of carboxylic acid groups (broad SMARTS) is 1. The third-order valence-corrected chi connectivity index (χ3v) is 4.86. The van der Waals surface area contributed by atoms with Crippen LogP contribution in [0.3, 0.4) is 0 Å². The van der Waals surface area contributed by atoms with Crippen molar-refractivity contribution in [2.75, 3.05) is 0 Å². The molecule has 1 heterocycles. The van der Waals surface area contributed by atoms with E-state index in [2.05, 4.69) is 13.8 Å². The normalized spacial score (nSPS) is 24.3. The zero-order valence-corrected chi connectivity index (χ0v) is 15.6. The molecule has 0 bridgehead atoms. The number of hydrogen-bond donors (Lipinski definition) is 1. The summed E-state index contributed by atoms with van der Waals surface area (Å²) in [5, 5.41) is 8.46. The van der Waals surface area contributed by atoms with E-state index in [-0.39, 0.29) is 0 Å². The van der Waals surface area contributed by atoms with Gasteiger partial charge in [0.1, 0.15) is 0 Å². The molecule has 1 saturated heterocycles. The van der Waals surface area contributed by atoms with Crippen LogP contribution in [-0.2, 0) is 9.53 Å². The zero-order valence-electron chi connectivity index (χ0n) is 15.6. The Kier molecular flexibility index (Phi) is 11.5. The lowest BCUT2D eigenvalue weighted by atomic mass is 9.96. The lowest BCUT2D eigenvalue weighted by Gasteiger charge is -2.15. The average molecular weight is 337 g/mol. The van der Waals surface area contributed by atoms with Crippen LogP contribution in [0.4, 0.5) is 0 Å². The molecule has 1 fully saturated rings. The van der Waals surface area contributed by atoms with Gasteiger partial charge in [0.2, 0.25) is 0 Å². The van der Waals surface area contributed by atoms with Gasteiger partial charge in [-0.15, -0.1) is 0 Å². The Bertz CT molecular complexity index is 387. The van der Waals surface area contributed by atoms with Gasteiger partial charge in [-0.3, -0.25) is 0 Å². The van der Waals surface area contributed by atoms with Crippen LogP contribution in [-0.4, -0.2) is 23.3 Å². The minimum absolute atomic E-state index is 0.484. The lowest BCUT2D eigenvalue weighted by molar-refractivity contribution is -0.131. The number of hydrogen-bond acceptors (Lipinski definition) is 2. The number of carboxylic acids is 1. The number of carbonyl (C=O) groups is 1. The van der Waals surface area contributed by atoms with Crippen molar-refractivity contribution in [3.8, 4) is 0 Å². The van der Waals surface area contributed by atoms with Crippen molar-refractivity contribution in [1.82, 2.24) is 0 Å². The Balaban J connectivity index is 2.00. The van der Waals surface area contributed by atoms with Crippen molar-refractivity contribution >= 4 is 5.97 Å². The summed E-state index contributed by atoms with van der Waals surface area (Å²) in [6, 6.07) is 0. The molecule has 1 rings (SSSR count). The van der Waals surface area contributed by atoms with E-state index < -0.39 is 5.97 Å². The van der Waals surface area contributed by atoms with Gasteiger partial charge in [0.15, 0.2) is 0 Å². The highest BCUT2D eigenvalue weighted by Crippen LogP contribution is 2.32. The van der Waals surface area contributed by atoms with Crippen LogP contribution in [0.2, 0.25) is 0 Å². The smallest absolute Gasteiger partial charge is 0.328 e. The number of rotatable bonds is 13. The molecule has 0 radical (unpaired) electrons. The largest absolute Gasteiger partial charge is 0.478 e. The molecule has 0 aliphatic carbocycles. The van der Waals surface area contributed by atoms with Gasteiger partial charge in [-0.25, -0.2) is 4.79 Å². The monoisotopic (exact) mass is 336 g/mol. The third-order valence-electron chi connectivity index (χ3n) is 4.86. The second-order valence-corrected chi connectivity index (χ2v) is 7.12. The summed E-state index contributed by atoms with van der Waals surface area (Å²) >= 11 is 0. The average Bonchev–Trinajstić information content (AvgIpc) is 2.89. The van der Waals surface area contributed by atoms with E-state index in [0.29, 0.717) is 12.2 Å². The Morgan fingerprint density at radius 2 is 1.83 bits per heavy atom. The number of aliphatic carboxylic acids is 1. The molecule has 3 unspecified atom stereocenters. The van der Waals surface area contributed by atoms with Gasteiger partial charge in [-0.2, -0.15) is 0 Å². The fourth-order valence-electron chi connectivity index (χ4n) is 3.44. The second kappa shape index (κ2) is 13.2. The van der Waals surface area contributed by atoms with E-state index in [1.165, 1.54) is 64.2 Å². The van der Waals surface area contributed by atoms with Crippen LogP contribution in [0.5, 0.6) is 0 Å². The van der Waals surface area contributed by atoms with Gasteiger partial charge in [-0.1, -0.05) is 70.6 Å². The molecule has 0 spiro atoms. The molecule has 0 aromatic rings. The molecule has 138 valence electrons. The van der Waals surface area contributed by atoms with E-state index in [1.807, 2.05) is 12.2 Å². The third kappa shape index (κ3) is 9.92.